The molecule has 1 aromatic rings. The van der Waals surface area contributed by atoms with Crippen LogP contribution in [0.4, 0.5) is 0 Å². The molecule has 2 N–H and O–H groups in total. The van der Waals surface area contributed by atoms with Crippen LogP contribution in [0.3, 0.4) is 0 Å². The van der Waals surface area contributed by atoms with Gasteiger partial charge in [-0.15, -0.1) is 0 Å². The molecule has 1 aromatic carbocycles. The Morgan fingerprint density at radius 2 is 1.71 bits per heavy atom. The van der Waals surface area contributed by atoms with E-state index in [4.69, 9.17) is 5.11 Å². The second kappa shape index (κ2) is 13.6. The SMILES string of the molecule is CC.Cc1ccc(CCNC(=O)CCCCCC(C)C(=O)O)cc1. The number of benzene rings is 1. The van der Waals surface area contributed by atoms with Crippen LogP contribution in [0.15, 0.2) is 24.3 Å². The van der Waals surface area contributed by atoms with Crippen LogP contribution in [0.25, 0.3) is 0 Å². The third kappa shape index (κ3) is 10.8. The maximum Gasteiger partial charge on any atom is 0.306 e. The van der Waals surface area contributed by atoms with Crippen molar-refractivity contribution in [2.24, 2.45) is 5.92 Å². The average molecular weight is 335 g/mol. The van der Waals surface area contributed by atoms with Crippen molar-refractivity contribution < 1.29 is 14.7 Å². The van der Waals surface area contributed by atoms with E-state index in [1.165, 1.54) is 11.1 Å². The van der Waals surface area contributed by atoms with E-state index in [0.29, 0.717) is 19.4 Å². The molecule has 0 fully saturated rings. The van der Waals surface area contributed by atoms with Gasteiger partial charge in [0.1, 0.15) is 0 Å². The molecular formula is C20H33NO3. The standard InChI is InChI=1S/C18H27NO3.C2H6/c1-14-8-10-16(11-9-14)12-13-19-17(20)7-5-3-4-6-15(2)18(21)22;1-2/h8-11,15H,3-7,12-13H2,1-2H3,(H,19,20)(H,21,22);1-2H3. The highest BCUT2D eigenvalue weighted by Crippen LogP contribution is 2.10. The van der Waals surface area contributed by atoms with Crippen molar-refractivity contribution in [3.63, 3.8) is 0 Å². The molecule has 0 aromatic heterocycles. The van der Waals surface area contributed by atoms with Crippen molar-refractivity contribution in [2.45, 2.75) is 66.2 Å². The van der Waals surface area contributed by atoms with Crippen LogP contribution in [0.1, 0.15) is 64.0 Å². The van der Waals surface area contributed by atoms with Crippen molar-refractivity contribution in [1.29, 1.82) is 0 Å². The van der Waals surface area contributed by atoms with Crippen molar-refractivity contribution in [2.75, 3.05) is 6.54 Å². The molecule has 0 aliphatic carbocycles. The lowest BCUT2D eigenvalue weighted by Gasteiger charge is -2.07. The highest BCUT2D eigenvalue weighted by molar-refractivity contribution is 5.75. The van der Waals surface area contributed by atoms with Crippen LogP contribution < -0.4 is 5.32 Å². The van der Waals surface area contributed by atoms with Crippen molar-refractivity contribution in [3.05, 3.63) is 35.4 Å². The Balaban J connectivity index is 0.00000254. The fourth-order valence-electron chi connectivity index (χ4n) is 2.23. The molecule has 0 heterocycles. The summed E-state index contributed by atoms with van der Waals surface area (Å²) in [5.41, 5.74) is 2.47. The van der Waals surface area contributed by atoms with E-state index in [9.17, 15) is 9.59 Å². The van der Waals surface area contributed by atoms with E-state index < -0.39 is 5.97 Å². The van der Waals surface area contributed by atoms with Crippen LogP contribution in [0, 0.1) is 12.8 Å². The number of rotatable bonds is 10. The van der Waals surface area contributed by atoms with Crippen molar-refractivity contribution >= 4 is 11.9 Å². The summed E-state index contributed by atoms with van der Waals surface area (Å²) < 4.78 is 0. The number of carboxylic acid groups (broad SMARTS) is 1. The molecule has 1 amide bonds. The first-order valence-corrected chi connectivity index (χ1v) is 9.04. The zero-order chi connectivity index (χ0) is 18.4. The number of unbranched alkanes of at least 4 members (excludes halogenated alkanes) is 2. The molecule has 0 bridgehead atoms. The Labute approximate surface area is 146 Å². The minimum Gasteiger partial charge on any atom is -0.481 e. The summed E-state index contributed by atoms with van der Waals surface area (Å²) >= 11 is 0. The second-order valence-electron chi connectivity index (χ2n) is 5.92. The van der Waals surface area contributed by atoms with Gasteiger partial charge in [-0.05, 0) is 31.7 Å². The lowest BCUT2D eigenvalue weighted by Crippen LogP contribution is -2.25. The molecule has 0 radical (unpaired) electrons. The van der Waals surface area contributed by atoms with Crippen LogP contribution in [-0.4, -0.2) is 23.5 Å². The molecule has 0 saturated carbocycles. The number of hydrogen-bond donors (Lipinski definition) is 2. The fourth-order valence-corrected chi connectivity index (χ4v) is 2.23. The topological polar surface area (TPSA) is 66.4 Å². The van der Waals surface area contributed by atoms with E-state index in [1.54, 1.807) is 6.92 Å². The number of aliphatic carboxylic acids is 1. The zero-order valence-corrected chi connectivity index (χ0v) is 15.6. The second-order valence-corrected chi connectivity index (χ2v) is 5.92. The van der Waals surface area contributed by atoms with Crippen LogP contribution in [0.2, 0.25) is 0 Å². The summed E-state index contributed by atoms with van der Waals surface area (Å²) in [6.07, 6.45) is 4.65. The first kappa shape index (κ1) is 22.2. The maximum absolute atomic E-state index is 11.7. The molecule has 1 atom stereocenters. The molecule has 4 heteroatoms. The molecule has 4 nitrogen and oxygen atoms in total. The molecule has 0 aliphatic heterocycles. The predicted molar refractivity (Wildman–Crippen MR) is 99.1 cm³/mol. The monoisotopic (exact) mass is 335 g/mol. The van der Waals surface area contributed by atoms with Gasteiger partial charge in [0, 0.05) is 13.0 Å². The summed E-state index contributed by atoms with van der Waals surface area (Å²) in [4.78, 5) is 22.3. The molecule has 0 aliphatic rings. The van der Waals surface area contributed by atoms with Crippen molar-refractivity contribution in [3.8, 4) is 0 Å². The summed E-state index contributed by atoms with van der Waals surface area (Å²) in [5, 5.41) is 11.7. The summed E-state index contributed by atoms with van der Waals surface area (Å²) in [6, 6.07) is 8.33. The van der Waals surface area contributed by atoms with Gasteiger partial charge in [-0.1, -0.05) is 63.4 Å². The Kier molecular flexibility index (Phi) is 12.5. The van der Waals surface area contributed by atoms with Gasteiger partial charge in [0.05, 0.1) is 5.92 Å². The smallest absolute Gasteiger partial charge is 0.306 e. The number of carboxylic acids is 1. The van der Waals surface area contributed by atoms with E-state index in [1.807, 2.05) is 13.8 Å². The Morgan fingerprint density at radius 1 is 1.08 bits per heavy atom. The van der Waals surface area contributed by atoms with Gasteiger partial charge in [-0.25, -0.2) is 0 Å². The number of aryl methyl sites for hydroxylation is 1. The first-order valence-electron chi connectivity index (χ1n) is 9.04. The third-order valence-electron chi connectivity index (χ3n) is 3.82. The summed E-state index contributed by atoms with van der Waals surface area (Å²) in [6.45, 7) is 8.45. The summed E-state index contributed by atoms with van der Waals surface area (Å²) in [5.74, 6) is -0.949. The highest BCUT2D eigenvalue weighted by Gasteiger charge is 2.09. The van der Waals surface area contributed by atoms with Crippen LogP contribution >= 0.6 is 0 Å². The van der Waals surface area contributed by atoms with Crippen LogP contribution in [0.5, 0.6) is 0 Å². The fraction of sp³-hybridized carbons (Fsp3) is 0.600. The molecular weight excluding hydrogens is 302 g/mol. The van der Waals surface area contributed by atoms with E-state index in [-0.39, 0.29) is 11.8 Å². The minimum atomic E-state index is -0.742. The van der Waals surface area contributed by atoms with Gasteiger partial charge in [0.25, 0.3) is 0 Å². The van der Waals surface area contributed by atoms with E-state index in [2.05, 4.69) is 36.5 Å². The Hall–Kier alpha value is -1.84. The predicted octanol–water partition coefficient (Wildman–Crippen LogP) is 4.35. The van der Waals surface area contributed by atoms with Gasteiger partial charge in [-0.2, -0.15) is 0 Å². The van der Waals surface area contributed by atoms with Crippen molar-refractivity contribution in [1.82, 2.24) is 5.32 Å². The van der Waals surface area contributed by atoms with Gasteiger partial charge < -0.3 is 10.4 Å². The maximum atomic E-state index is 11.7. The van der Waals surface area contributed by atoms with Crippen LogP contribution in [-0.2, 0) is 16.0 Å². The lowest BCUT2D eigenvalue weighted by atomic mass is 10.0. The highest BCUT2D eigenvalue weighted by atomic mass is 16.4. The zero-order valence-electron chi connectivity index (χ0n) is 15.6. The largest absolute Gasteiger partial charge is 0.481 e. The Bertz CT molecular complexity index is 468. The third-order valence-corrected chi connectivity index (χ3v) is 3.82. The lowest BCUT2D eigenvalue weighted by molar-refractivity contribution is -0.141. The average Bonchev–Trinajstić information content (AvgIpc) is 2.58. The molecule has 136 valence electrons. The molecule has 1 unspecified atom stereocenters. The minimum absolute atomic E-state index is 0.0818. The van der Waals surface area contributed by atoms with E-state index in [0.717, 1.165) is 25.7 Å². The number of hydrogen-bond acceptors (Lipinski definition) is 2. The number of carbonyl (C=O) groups is 2. The molecule has 1 rings (SSSR count). The van der Waals surface area contributed by atoms with E-state index >= 15 is 0 Å². The Morgan fingerprint density at radius 3 is 2.29 bits per heavy atom. The number of carbonyl (C=O) groups excluding carboxylic acids is 1. The summed E-state index contributed by atoms with van der Waals surface area (Å²) in [7, 11) is 0. The van der Waals surface area contributed by atoms with Gasteiger partial charge in [0.15, 0.2) is 0 Å². The molecule has 24 heavy (non-hydrogen) atoms. The molecule has 0 saturated heterocycles. The van der Waals surface area contributed by atoms with Gasteiger partial charge in [0.2, 0.25) is 5.91 Å². The number of amides is 1. The van der Waals surface area contributed by atoms with Gasteiger partial charge in [-0.3, -0.25) is 9.59 Å². The number of nitrogens with one attached hydrogen (secondary N) is 1. The van der Waals surface area contributed by atoms with Gasteiger partial charge >= 0.3 is 5.97 Å². The first-order chi connectivity index (χ1) is 11.5. The molecule has 0 spiro atoms. The normalized spacial score (nSPS) is 11.2. The quantitative estimate of drug-likeness (QED) is 0.625.